The van der Waals surface area contributed by atoms with E-state index in [1.54, 1.807) is 35.3 Å². The number of benzene rings is 2. The maximum absolute atomic E-state index is 13.2. The van der Waals surface area contributed by atoms with Crippen LogP contribution in [0.2, 0.25) is 0 Å². The van der Waals surface area contributed by atoms with Gasteiger partial charge in [0.05, 0.1) is 11.6 Å². The monoisotopic (exact) mass is 450 g/mol. The van der Waals surface area contributed by atoms with E-state index in [9.17, 15) is 4.79 Å². The van der Waals surface area contributed by atoms with Gasteiger partial charge in [-0.05, 0) is 30.3 Å². The van der Waals surface area contributed by atoms with Gasteiger partial charge < -0.3 is 9.80 Å². The summed E-state index contributed by atoms with van der Waals surface area (Å²) in [5.74, 6) is 1.81. The summed E-state index contributed by atoms with van der Waals surface area (Å²) < 4.78 is 1.65. The number of anilines is 1. The zero-order valence-corrected chi connectivity index (χ0v) is 18.4. The summed E-state index contributed by atoms with van der Waals surface area (Å²) in [5.41, 5.74) is 2.24. The minimum atomic E-state index is -0.0203. The zero-order valence-electron chi connectivity index (χ0n) is 18.4. The molecule has 0 radical (unpaired) electrons. The lowest BCUT2D eigenvalue weighted by molar-refractivity contribution is -0.132. The van der Waals surface area contributed by atoms with Crippen LogP contribution in [0, 0.1) is 11.3 Å². The van der Waals surface area contributed by atoms with Crippen molar-refractivity contribution < 1.29 is 4.79 Å². The second-order valence-electron chi connectivity index (χ2n) is 7.89. The highest BCUT2D eigenvalue weighted by Gasteiger charge is 2.24. The number of aromatic nitrogens is 5. The average Bonchev–Trinajstić information content (AvgIpc) is 3.33. The van der Waals surface area contributed by atoms with Gasteiger partial charge in [-0.15, -0.1) is 5.10 Å². The number of amides is 1. The molecular formula is C25H22N8O. The van der Waals surface area contributed by atoms with Crippen molar-refractivity contribution in [3.8, 4) is 28.8 Å². The number of nitriles is 1. The van der Waals surface area contributed by atoms with Crippen molar-refractivity contribution in [1.82, 2.24) is 29.6 Å². The lowest BCUT2D eigenvalue weighted by Gasteiger charge is -2.34. The third-order valence-corrected chi connectivity index (χ3v) is 5.73. The van der Waals surface area contributed by atoms with Gasteiger partial charge in [-0.3, -0.25) is 4.79 Å². The molecule has 3 heterocycles. The fourth-order valence-electron chi connectivity index (χ4n) is 3.91. The van der Waals surface area contributed by atoms with E-state index in [1.165, 1.54) is 0 Å². The minimum absolute atomic E-state index is 0.0203. The summed E-state index contributed by atoms with van der Waals surface area (Å²) in [6.45, 7) is 2.60. The van der Waals surface area contributed by atoms with E-state index in [1.807, 2.05) is 47.4 Å². The second-order valence-corrected chi connectivity index (χ2v) is 7.89. The van der Waals surface area contributed by atoms with Gasteiger partial charge in [0.15, 0.2) is 11.6 Å². The predicted molar refractivity (Wildman–Crippen MR) is 126 cm³/mol. The molecule has 0 spiro atoms. The SMILES string of the molecule is N#Cc1ccc(-c2nc(-c3ccccc3)nn2CC(=O)N2CCN(c3ncccn3)CC2)cc1. The third kappa shape index (κ3) is 4.47. The molecule has 1 saturated heterocycles. The Morgan fingerprint density at radius 1 is 0.882 bits per heavy atom. The number of hydrogen-bond donors (Lipinski definition) is 0. The topological polar surface area (TPSA) is 104 Å². The first kappa shape index (κ1) is 21.3. The molecule has 5 rings (SSSR count). The van der Waals surface area contributed by atoms with E-state index in [0.717, 1.165) is 11.1 Å². The van der Waals surface area contributed by atoms with Crippen LogP contribution < -0.4 is 4.90 Å². The van der Waals surface area contributed by atoms with Gasteiger partial charge in [0, 0.05) is 49.7 Å². The molecule has 9 nitrogen and oxygen atoms in total. The summed E-state index contributed by atoms with van der Waals surface area (Å²) >= 11 is 0. The van der Waals surface area contributed by atoms with Crippen LogP contribution in [-0.4, -0.2) is 61.7 Å². The van der Waals surface area contributed by atoms with E-state index in [2.05, 4.69) is 26.0 Å². The lowest BCUT2D eigenvalue weighted by Crippen LogP contribution is -2.50. The van der Waals surface area contributed by atoms with Crippen molar-refractivity contribution in [3.05, 3.63) is 78.6 Å². The molecular weight excluding hydrogens is 428 g/mol. The van der Waals surface area contributed by atoms with Crippen LogP contribution in [-0.2, 0) is 11.3 Å². The average molecular weight is 451 g/mol. The van der Waals surface area contributed by atoms with Crippen LogP contribution in [0.1, 0.15) is 5.56 Å². The lowest BCUT2D eigenvalue weighted by atomic mass is 10.1. The van der Waals surface area contributed by atoms with Crippen molar-refractivity contribution >= 4 is 11.9 Å². The molecule has 0 saturated carbocycles. The Kier molecular flexibility index (Phi) is 5.95. The van der Waals surface area contributed by atoms with E-state index in [4.69, 9.17) is 10.2 Å². The number of carbonyl (C=O) groups excluding carboxylic acids is 1. The van der Waals surface area contributed by atoms with E-state index < -0.39 is 0 Å². The highest BCUT2D eigenvalue weighted by Crippen LogP contribution is 2.23. The normalized spacial score (nSPS) is 13.5. The highest BCUT2D eigenvalue weighted by molar-refractivity contribution is 5.77. The predicted octanol–water partition coefficient (Wildman–Crippen LogP) is 2.62. The van der Waals surface area contributed by atoms with E-state index in [0.29, 0.717) is 49.3 Å². The fraction of sp³-hybridized carbons (Fsp3) is 0.200. The van der Waals surface area contributed by atoms with Crippen LogP contribution in [0.15, 0.2) is 73.1 Å². The van der Waals surface area contributed by atoms with Crippen LogP contribution in [0.4, 0.5) is 5.95 Å². The number of piperazine rings is 1. The zero-order chi connectivity index (χ0) is 23.3. The summed E-state index contributed by atoms with van der Waals surface area (Å²) in [5, 5.41) is 13.8. The first-order valence-corrected chi connectivity index (χ1v) is 11.0. The Morgan fingerprint density at radius 3 is 2.26 bits per heavy atom. The molecule has 1 aliphatic rings. The van der Waals surface area contributed by atoms with Gasteiger partial charge in [0.2, 0.25) is 11.9 Å². The van der Waals surface area contributed by atoms with Crippen molar-refractivity contribution in [2.45, 2.75) is 6.54 Å². The first-order chi connectivity index (χ1) is 16.7. The van der Waals surface area contributed by atoms with Gasteiger partial charge in [-0.25, -0.2) is 19.6 Å². The van der Waals surface area contributed by atoms with Crippen LogP contribution in [0.3, 0.4) is 0 Å². The van der Waals surface area contributed by atoms with Crippen molar-refractivity contribution in [1.29, 1.82) is 5.26 Å². The Bertz CT molecular complexity index is 1300. The molecule has 1 aliphatic heterocycles. The molecule has 34 heavy (non-hydrogen) atoms. The quantitative estimate of drug-likeness (QED) is 0.460. The van der Waals surface area contributed by atoms with Crippen LogP contribution >= 0.6 is 0 Å². The molecule has 1 amide bonds. The largest absolute Gasteiger partial charge is 0.338 e. The molecule has 0 aliphatic carbocycles. The Hall–Kier alpha value is -4.58. The highest BCUT2D eigenvalue weighted by atomic mass is 16.2. The van der Waals surface area contributed by atoms with Crippen molar-refractivity contribution in [2.24, 2.45) is 0 Å². The summed E-state index contributed by atoms with van der Waals surface area (Å²) in [4.78, 5) is 30.4. The van der Waals surface area contributed by atoms with E-state index in [-0.39, 0.29) is 12.5 Å². The van der Waals surface area contributed by atoms with E-state index >= 15 is 0 Å². The summed E-state index contributed by atoms with van der Waals surface area (Å²) in [6.07, 6.45) is 3.44. The molecule has 0 bridgehead atoms. The Morgan fingerprint density at radius 2 is 1.59 bits per heavy atom. The molecule has 168 valence electrons. The molecule has 4 aromatic rings. The molecule has 0 unspecified atom stereocenters. The van der Waals surface area contributed by atoms with Crippen molar-refractivity contribution in [3.63, 3.8) is 0 Å². The minimum Gasteiger partial charge on any atom is -0.338 e. The van der Waals surface area contributed by atoms with Gasteiger partial charge in [0.25, 0.3) is 0 Å². The van der Waals surface area contributed by atoms with Crippen LogP contribution in [0.5, 0.6) is 0 Å². The van der Waals surface area contributed by atoms with Crippen molar-refractivity contribution in [2.75, 3.05) is 31.1 Å². The number of nitrogens with zero attached hydrogens (tertiary/aromatic N) is 8. The second kappa shape index (κ2) is 9.50. The number of rotatable bonds is 5. The molecule has 9 heteroatoms. The molecule has 0 atom stereocenters. The summed E-state index contributed by atoms with van der Waals surface area (Å²) in [6, 6.07) is 20.7. The van der Waals surface area contributed by atoms with Gasteiger partial charge in [0.1, 0.15) is 6.54 Å². The Balaban J connectivity index is 1.36. The van der Waals surface area contributed by atoms with Gasteiger partial charge in [-0.1, -0.05) is 30.3 Å². The number of carbonyl (C=O) groups is 1. The van der Waals surface area contributed by atoms with Gasteiger partial charge >= 0.3 is 0 Å². The summed E-state index contributed by atoms with van der Waals surface area (Å²) in [7, 11) is 0. The van der Waals surface area contributed by atoms with Gasteiger partial charge in [-0.2, -0.15) is 5.26 Å². The first-order valence-electron chi connectivity index (χ1n) is 11.0. The Labute approximate surface area is 196 Å². The molecule has 2 aromatic carbocycles. The maximum atomic E-state index is 13.2. The standard InChI is InChI=1S/C25H22N8O/c26-17-19-7-9-21(10-8-19)24-29-23(20-5-2-1-3-6-20)30-33(24)18-22(34)31-13-15-32(16-14-31)25-27-11-4-12-28-25/h1-12H,13-16,18H2. The fourth-order valence-corrected chi connectivity index (χ4v) is 3.91. The third-order valence-electron chi connectivity index (χ3n) is 5.73. The number of hydrogen-bond acceptors (Lipinski definition) is 7. The molecule has 2 aromatic heterocycles. The molecule has 1 fully saturated rings. The smallest absolute Gasteiger partial charge is 0.244 e. The van der Waals surface area contributed by atoms with Crippen LogP contribution in [0.25, 0.3) is 22.8 Å². The molecule has 0 N–H and O–H groups in total. The maximum Gasteiger partial charge on any atom is 0.244 e.